The van der Waals surface area contributed by atoms with Crippen LogP contribution in [0.15, 0.2) is 84.9 Å². The number of ether oxygens (including phenoxy) is 2. The number of carbonyl (C=O) groups excluding carboxylic acids is 3. The van der Waals surface area contributed by atoms with Crippen molar-refractivity contribution in [3.05, 3.63) is 102 Å². The Morgan fingerprint density at radius 3 is 1.89 bits per heavy atom. The first kappa shape index (κ1) is 25.6. The molecule has 7 heteroatoms. The molecule has 0 aliphatic carbocycles. The average molecular weight is 475 g/mol. The van der Waals surface area contributed by atoms with Gasteiger partial charge in [-0.2, -0.15) is 0 Å². The van der Waals surface area contributed by atoms with Crippen LogP contribution >= 0.6 is 0 Å². The van der Waals surface area contributed by atoms with Gasteiger partial charge < -0.3 is 14.8 Å². The smallest absolute Gasteiger partial charge is 0.338 e. The number of esters is 2. The number of hydrogen-bond acceptors (Lipinski definition) is 6. The Morgan fingerprint density at radius 1 is 0.771 bits per heavy atom. The fourth-order valence-corrected chi connectivity index (χ4v) is 3.39. The van der Waals surface area contributed by atoms with E-state index in [4.69, 9.17) is 9.47 Å². The van der Waals surface area contributed by atoms with Crippen molar-refractivity contribution < 1.29 is 23.9 Å². The zero-order valence-corrected chi connectivity index (χ0v) is 19.8. The number of nitrogens with zero attached hydrogens (tertiary/aromatic N) is 1. The normalized spacial score (nSPS) is 10.6. The molecule has 0 aliphatic heterocycles. The fraction of sp³-hybridized carbons (Fsp3) is 0.250. The highest BCUT2D eigenvalue weighted by Gasteiger charge is 2.15. The number of hydrogen-bond donors (Lipinski definition) is 1. The van der Waals surface area contributed by atoms with Crippen LogP contribution in [0.2, 0.25) is 0 Å². The van der Waals surface area contributed by atoms with Gasteiger partial charge in [-0.1, -0.05) is 67.6 Å². The van der Waals surface area contributed by atoms with E-state index in [0.717, 1.165) is 17.5 Å². The SMILES string of the molecule is CCCOC(=O)c1ccc(NC(=O)COC(=O)CN(Cc2ccccc2)Cc2ccccc2)cc1. The maximum Gasteiger partial charge on any atom is 0.338 e. The summed E-state index contributed by atoms with van der Waals surface area (Å²) in [6, 6.07) is 26.1. The molecule has 0 atom stereocenters. The summed E-state index contributed by atoms with van der Waals surface area (Å²) >= 11 is 0. The standard InChI is InChI=1S/C28H30N2O5/c1-2-17-34-28(33)24-13-15-25(16-14-24)29-26(31)21-35-27(32)20-30(18-22-9-5-3-6-10-22)19-23-11-7-4-8-12-23/h3-16H,2,17-21H2,1H3,(H,29,31). The van der Waals surface area contributed by atoms with Gasteiger partial charge in [-0.3, -0.25) is 14.5 Å². The molecule has 1 amide bonds. The number of rotatable bonds is 12. The highest BCUT2D eigenvalue weighted by Crippen LogP contribution is 2.12. The molecule has 0 fully saturated rings. The van der Waals surface area contributed by atoms with Crippen molar-refractivity contribution in [3.63, 3.8) is 0 Å². The van der Waals surface area contributed by atoms with Gasteiger partial charge in [0.15, 0.2) is 6.61 Å². The molecule has 0 unspecified atom stereocenters. The van der Waals surface area contributed by atoms with E-state index in [-0.39, 0.29) is 6.54 Å². The summed E-state index contributed by atoms with van der Waals surface area (Å²) in [6.45, 7) is 3.07. The predicted molar refractivity (Wildman–Crippen MR) is 134 cm³/mol. The Balaban J connectivity index is 1.49. The molecule has 7 nitrogen and oxygen atoms in total. The van der Waals surface area contributed by atoms with Crippen molar-refractivity contribution in [2.24, 2.45) is 0 Å². The molecular formula is C28H30N2O5. The van der Waals surface area contributed by atoms with Gasteiger partial charge in [0, 0.05) is 18.8 Å². The Morgan fingerprint density at radius 2 is 1.34 bits per heavy atom. The van der Waals surface area contributed by atoms with Crippen LogP contribution in [0.5, 0.6) is 0 Å². The molecule has 1 N–H and O–H groups in total. The lowest BCUT2D eigenvalue weighted by molar-refractivity contribution is -0.148. The highest BCUT2D eigenvalue weighted by molar-refractivity contribution is 5.94. The van der Waals surface area contributed by atoms with E-state index in [9.17, 15) is 14.4 Å². The van der Waals surface area contributed by atoms with Crippen LogP contribution in [0.4, 0.5) is 5.69 Å². The summed E-state index contributed by atoms with van der Waals surface area (Å²) in [6.07, 6.45) is 0.745. The minimum absolute atomic E-state index is 0.0473. The molecule has 0 saturated heterocycles. The van der Waals surface area contributed by atoms with E-state index in [1.54, 1.807) is 24.3 Å². The quantitative estimate of drug-likeness (QED) is 0.391. The lowest BCUT2D eigenvalue weighted by Crippen LogP contribution is -2.32. The van der Waals surface area contributed by atoms with E-state index in [1.165, 1.54) is 0 Å². The Hall–Kier alpha value is -3.97. The van der Waals surface area contributed by atoms with Crippen LogP contribution in [0.1, 0.15) is 34.8 Å². The van der Waals surface area contributed by atoms with Gasteiger partial charge in [0.25, 0.3) is 5.91 Å². The van der Waals surface area contributed by atoms with Gasteiger partial charge in [-0.25, -0.2) is 4.79 Å². The van der Waals surface area contributed by atoms with E-state index >= 15 is 0 Å². The first-order valence-corrected chi connectivity index (χ1v) is 11.6. The third-order valence-corrected chi connectivity index (χ3v) is 5.06. The number of benzene rings is 3. The van der Waals surface area contributed by atoms with Crippen LogP contribution < -0.4 is 5.32 Å². The summed E-state index contributed by atoms with van der Waals surface area (Å²) in [7, 11) is 0. The molecule has 0 heterocycles. The highest BCUT2D eigenvalue weighted by atomic mass is 16.5. The molecule has 0 aromatic heterocycles. The third kappa shape index (κ3) is 9.06. The molecule has 3 rings (SSSR count). The summed E-state index contributed by atoms with van der Waals surface area (Å²) in [5, 5.41) is 2.66. The Kier molecular flexibility index (Phi) is 10.0. The molecule has 35 heavy (non-hydrogen) atoms. The van der Waals surface area contributed by atoms with Crippen molar-refractivity contribution in [2.75, 3.05) is 25.1 Å². The zero-order chi connectivity index (χ0) is 24.9. The van der Waals surface area contributed by atoms with E-state index in [1.807, 2.05) is 72.5 Å². The van der Waals surface area contributed by atoms with Gasteiger partial charge >= 0.3 is 11.9 Å². The van der Waals surface area contributed by atoms with Crippen LogP contribution in [0.25, 0.3) is 0 Å². The molecule has 0 aliphatic rings. The van der Waals surface area contributed by atoms with Crippen LogP contribution in [0, 0.1) is 0 Å². The molecule has 3 aromatic carbocycles. The topological polar surface area (TPSA) is 84.9 Å². The lowest BCUT2D eigenvalue weighted by atomic mass is 10.1. The zero-order valence-electron chi connectivity index (χ0n) is 19.8. The lowest BCUT2D eigenvalue weighted by Gasteiger charge is -2.21. The van der Waals surface area contributed by atoms with Crippen LogP contribution in [-0.2, 0) is 32.2 Å². The van der Waals surface area contributed by atoms with Crippen molar-refractivity contribution in [2.45, 2.75) is 26.4 Å². The minimum Gasteiger partial charge on any atom is -0.462 e. The first-order chi connectivity index (χ1) is 17.0. The van der Waals surface area contributed by atoms with E-state index < -0.39 is 24.5 Å². The molecule has 0 bridgehead atoms. The summed E-state index contributed by atoms with van der Waals surface area (Å²) in [4.78, 5) is 38.6. The number of amides is 1. The summed E-state index contributed by atoms with van der Waals surface area (Å²) < 4.78 is 10.3. The van der Waals surface area contributed by atoms with E-state index in [0.29, 0.717) is 30.9 Å². The number of anilines is 1. The second-order valence-electron chi connectivity index (χ2n) is 8.04. The van der Waals surface area contributed by atoms with Crippen LogP contribution in [-0.4, -0.2) is 42.5 Å². The van der Waals surface area contributed by atoms with Crippen molar-refractivity contribution >= 4 is 23.5 Å². The van der Waals surface area contributed by atoms with Crippen molar-refractivity contribution in [1.29, 1.82) is 0 Å². The average Bonchev–Trinajstić information content (AvgIpc) is 2.87. The Labute approximate surface area is 205 Å². The summed E-state index contributed by atoms with van der Waals surface area (Å²) in [5.41, 5.74) is 3.06. The second kappa shape index (κ2) is 13.7. The van der Waals surface area contributed by atoms with E-state index in [2.05, 4.69) is 5.32 Å². The predicted octanol–water partition coefficient (Wildman–Crippen LogP) is 4.44. The van der Waals surface area contributed by atoms with Crippen molar-refractivity contribution in [1.82, 2.24) is 4.90 Å². The van der Waals surface area contributed by atoms with Gasteiger partial charge in [0.2, 0.25) is 0 Å². The fourth-order valence-electron chi connectivity index (χ4n) is 3.39. The van der Waals surface area contributed by atoms with Gasteiger partial charge in [0.1, 0.15) is 0 Å². The maximum absolute atomic E-state index is 12.5. The molecule has 0 radical (unpaired) electrons. The van der Waals surface area contributed by atoms with Gasteiger partial charge in [0.05, 0.1) is 18.7 Å². The molecule has 3 aromatic rings. The largest absolute Gasteiger partial charge is 0.462 e. The van der Waals surface area contributed by atoms with Crippen molar-refractivity contribution in [3.8, 4) is 0 Å². The molecule has 0 saturated carbocycles. The third-order valence-electron chi connectivity index (χ3n) is 5.06. The molecular weight excluding hydrogens is 444 g/mol. The van der Waals surface area contributed by atoms with Crippen LogP contribution in [0.3, 0.4) is 0 Å². The molecule has 0 spiro atoms. The maximum atomic E-state index is 12.5. The minimum atomic E-state index is -0.485. The van der Waals surface area contributed by atoms with Gasteiger partial charge in [-0.05, 0) is 41.8 Å². The molecule has 182 valence electrons. The number of carbonyl (C=O) groups is 3. The first-order valence-electron chi connectivity index (χ1n) is 11.6. The second-order valence-corrected chi connectivity index (χ2v) is 8.04. The summed E-state index contributed by atoms with van der Waals surface area (Å²) in [5.74, 6) is -1.35. The Bertz CT molecular complexity index is 1040. The monoisotopic (exact) mass is 474 g/mol. The number of nitrogens with one attached hydrogen (secondary N) is 1. The van der Waals surface area contributed by atoms with Gasteiger partial charge in [-0.15, -0.1) is 0 Å².